The molecular weight excluding hydrogens is 334 g/mol. The number of rotatable bonds is 3. The quantitative estimate of drug-likeness (QED) is 0.857. The number of carbonyl (C=O) groups excluding carboxylic acids is 2. The second-order valence-corrected chi connectivity index (χ2v) is 6.51. The molecule has 2 aromatic rings. The van der Waals surface area contributed by atoms with Gasteiger partial charge < -0.3 is 24.3 Å². The van der Waals surface area contributed by atoms with Gasteiger partial charge in [-0.3, -0.25) is 0 Å². The number of carbonyl (C=O) groups is 2. The number of methoxy groups -OCH3 is 1. The third-order valence-corrected chi connectivity index (χ3v) is 4.60. The van der Waals surface area contributed by atoms with E-state index in [1.54, 1.807) is 28.8 Å². The zero-order valence-electron chi connectivity index (χ0n) is 15.2. The van der Waals surface area contributed by atoms with Crippen LogP contribution in [0.25, 0.3) is 0 Å². The fraction of sp³-hybridized carbons (Fsp3) is 0.368. The lowest BCUT2D eigenvalue weighted by molar-refractivity contribution is -0.0894. The van der Waals surface area contributed by atoms with Crippen molar-refractivity contribution < 1.29 is 19.1 Å². The molecule has 1 atom stereocenters. The standard InChI is InChI=1S/C19H23N3O4/c1-19(14-7-5-4-6-8-14)13-22(9-10-26-19)18(24)20-15-11-16(17(23)25-3)21(2)12-15/h4-8,11-12H,9-10,13H2,1-3H3,(H,20,24). The Bertz CT molecular complexity index is 802. The van der Waals surface area contributed by atoms with Crippen LogP contribution < -0.4 is 5.32 Å². The number of esters is 1. The Labute approximate surface area is 152 Å². The van der Waals surface area contributed by atoms with Crippen molar-refractivity contribution in [1.82, 2.24) is 9.47 Å². The molecule has 0 spiro atoms. The summed E-state index contributed by atoms with van der Waals surface area (Å²) in [5, 5.41) is 2.84. The smallest absolute Gasteiger partial charge is 0.354 e. The molecule has 1 fully saturated rings. The summed E-state index contributed by atoms with van der Waals surface area (Å²) in [5.41, 5.74) is 1.40. The van der Waals surface area contributed by atoms with Gasteiger partial charge in [0.1, 0.15) is 11.3 Å². The highest BCUT2D eigenvalue weighted by Gasteiger charge is 2.35. The normalized spacial score (nSPS) is 19.9. The molecule has 1 N–H and O–H groups in total. The lowest BCUT2D eigenvalue weighted by Crippen LogP contribution is -2.51. The lowest BCUT2D eigenvalue weighted by atomic mass is 9.94. The van der Waals surface area contributed by atoms with Crippen LogP contribution >= 0.6 is 0 Å². The van der Waals surface area contributed by atoms with Crippen molar-refractivity contribution >= 4 is 17.7 Å². The number of hydrogen-bond acceptors (Lipinski definition) is 4. The average molecular weight is 357 g/mol. The summed E-state index contributed by atoms with van der Waals surface area (Å²) in [4.78, 5) is 26.1. The highest BCUT2D eigenvalue weighted by atomic mass is 16.5. The van der Waals surface area contributed by atoms with Gasteiger partial charge in [0.05, 0.1) is 25.9 Å². The van der Waals surface area contributed by atoms with Gasteiger partial charge in [0.25, 0.3) is 0 Å². The van der Waals surface area contributed by atoms with E-state index in [1.807, 2.05) is 37.3 Å². The molecular formula is C19H23N3O4. The molecule has 1 aromatic heterocycles. The molecule has 1 saturated heterocycles. The van der Waals surface area contributed by atoms with Crippen LogP contribution in [0, 0.1) is 0 Å². The van der Waals surface area contributed by atoms with Crippen molar-refractivity contribution in [1.29, 1.82) is 0 Å². The summed E-state index contributed by atoms with van der Waals surface area (Å²) >= 11 is 0. The van der Waals surface area contributed by atoms with E-state index in [0.717, 1.165) is 5.56 Å². The minimum atomic E-state index is -0.551. The minimum absolute atomic E-state index is 0.225. The van der Waals surface area contributed by atoms with Gasteiger partial charge >= 0.3 is 12.0 Å². The first-order valence-corrected chi connectivity index (χ1v) is 8.43. The second-order valence-electron chi connectivity index (χ2n) is 6.51. The fourth-order valence-corrected chi connectivity index (χ4v) is 3.15. The Balaban J connectivity index is 1.71. The van der Waals surface area contributed by atoms with E-state index in [-0.39, 0.29) is 6.03 Å². The number of benzene rings is 1. The highest BCUT2D eigenvalue weighted by Crippen LogP contribution is 2.29. The van der Waals surface area contributed by atoms with Crippen molar-refractivity contribution in [3.8, 4) is 0 Å². The van der Waals surface area contributed by atoms with Crippen LogP contribution in [-0.2, 0) is 22.1 Å². The number of aromatic nitrogens is 1. The van der Waals surface area contributed by atoms with E-state index >= 15 is 0 Å². The average Bonchev–Trinajstić information content (AvgIpc) is 3.02. The van der Waals surface area contributed by atoms with Gasteiger partial charge in [0, 0.05) is 19.8 Å². The number of ether oxygens (including phenoxy) is 2. The van der Waals surface area contributed by atoms with Gasteiger partial charge in [-0.2, -0.15) is 0 Å². The molecule has 1 aromatic carbocycles. The number of amides is 2. The number of urea groups is 1. The first kappa shape index (κ1) is 18.0. The topological polar surface area (TPSA) is 72.8 Å². The van der Waals surface area contributed by atoms with Gasteiger partial charge in [-0.05, 0) is 18.6 Å². The summed E-state index contributed by atoms with van der Waals surface area (Å²) < 4.78 is 12.3. The SMILES string of the molecule is COC(=O)c1cc(NC(=O)N2CCOC(C)(c3ccccc3)C2)cn1C. The Kier molecular flexibility index (Phi) is 4.99. The number of morpholine rings is 1. The van der Waals surface area contributed by atoms with Crippen molar-refractivity contribution in [2.45, 2.75) is 12.5 Å². The molecule has 2 amide bonds. The van der Waals surface area contributed by atoms with E-state index in [1.165, 1.54) is 7.11 Å². The zero-order valence-corrected chi connectivity index (χ0v) is 15.2. The predicted octanol–water partition coefficient (Wildman–Crippen LogP) is 2.59. The second kappa shape index (κ2) is 7.21. The molecule has 7 heteroatoms. The number of nitrogens with zero attached hydrogens (tertiary/aromatic N) is 2. The van der Waals surface area contributed by atoms with Crippen molar-refractivity contribution in [2.75, 3.05) is 32.1 Å². The molecule has 26 heavy (non-hydrogen) atoms. The summed E-state index contributed by atoms with van der Waals surface area (Å²) in [7, 11) is 3.05. The van der Waals surface area contributed by atoms with Crippen LogP contribution in [0.5, 0.6) is 0 Å². The summed E-state index contributed by atoms with van der Waals surface area (Å²) in [6.07, 6.45) is 1.68. The van der Waals surface area contributed by atoms with Gasteiger partial charge in [0.2, 0.25) is 0 Å². The molecule has 1 aliphatic rings. The van der Waals surface area contributed by atoms with Crippen LogP contribution in [0.1, 0.15) is 23.0 Å². The van der Waals surface area contributed by atoms with Crippen molar-refractivity contribution in [3.63, 3.8) is 0 Å². The van der Waals surface area contributed by atoms with Crippen LogP contribution in [0.3, 0.4) is 0 Å². The van der Waals surface area contributed by atoms with Crippen molar-refractivity contribution in [2.24, 2.45) is 7.05 Å². The number of aryl methyl sites for hydroxylation is 1. The largest absolute Gasteiger partial charge is 0.464 e. The van der Waals surface area contributed by atoms with Gasteiger partial charge in [-0.15, -0.1) is 0 Å². The maximum absolute atomic E-state index is 12.7. The summed E-state index contributed by atoms with van der Waals surface area (Å²) in [5.74, 6) is -0.448. The molecule has 0 bridgehead atoms. The number of hydrogen-bond donors (Lipinski definition) is 1. The van der Waals surface area contributed by atoms with E-state index < -0.39 is 11.6 Å². The Morgan fingerprint density at radius 2 is 2.00 bits per heavy atom. The predicted molar refractivity (Wildman–Crippen MR) is 97.1 cm³/mol. The van der Waals surface area contributed by atoms with Crippen LogP contribution in [0.4, 0.5) is 10.5 Å². The van der Waals surface area contributed by atoms with Gasteiger partial charge in [-0.25, -0.2) is 9.59 Å². The first-order chi connectivity index (χ1) is 12.4. The van der Waals surface area contributed by atoms with Gasteiger partial charge in [0.15, 0.2) is 0 Å². The van der Waals surface area contributed by atoms with Crippen LogP contribution in [-0.4, -0.2) is 48.3 Å². The van der Waals surface area contributed by atoms with E-state index in [2.05, 4.69) is 5.32 Å². The molecule has 0 saturated carbocycles. The number of anilines is 1. The van der Waals surface area contributed by atoms with Crippen LogP contribution in [0.2, 0.25) is 0 Å². The summed E-state index contributed by atoms with van der Waals surface area (Å²) in [6, 6.07) is 11.2. The fourth-order valence-electron chi connectivity index (χ4n) is 3.15. The molecule has 138 valence electrons. The lowest BCUT2D eigenvalue weighted by Gasteiger charge is -2.40. The Hall–Kier alpha value is -2.80. The maximum atomic E-state index is 12.7. The zero-order chi connectivity index (χ0) is 18.7. The third-order valence-electron chi connectivity index (χ3n) is 4.60. The molecule has 1 unspecified atom stereocenters. The molecule has 3 rings (SSSR count). The van der Waals surface area contributed by atoms with Crippen LogP contribution in [0.15, 0.2) is 42.6 Å². The van der Waals surface area contributed by atoms with Gasteiger partial charge in [-0.1, -0.05) is 30.3 Å². The maximum Gasteiger partial charge on any atom is 0.354 e. The Morgan fingerprint density at radius 3 is 2.69 bits per heavy atom. The molecule has 7 nitrogen and oxygen atoms in total. The van der Waals surface area contributed by atoms with E-state index in [9.17, 15) is 9.59 Å². The summed E-state index contributed by atoms with van der Waals surface area (Å²) in [6.45, 7) is 3.39. The number of nitrogens with one attached hydrogen (secondary N) is 1. The third kappa shape index (κ3) is 3.57. The van der Waals surface area contributed by atoms with E-state index in [0.29, 0.717) is 31.1 Å². The minimum Gasteiger partial charge on any atom is -0.464 e. The molecule has 0 aliphatic carbocycles. The molecule has 2 heterocycles. The van der Waals surface area contributed by atoms with E-state index in [4.69, 9.17) is 9.47 Å². The molecule has 0 radical (unpaired) electrons. The van der Waals surface area contributed by atoms with Crippen molar-refractivity contribution in [3.05, 3.63) is 53.9 Å². The molecule has 1 aliphatic heterocycles. The first-order valence-electron chi connectivity index (χ1n) is 8.43. The Morgan fingerprint density at radius 1 is 1.27 bits per heavy atom. The highest BCUT2D eigenvalue weighted by molar-refractivity contribution is 5.93. The monoisotopic (exact) mass is 357 g/mol.